The van der Waals surface area contributed by atoms with Crippen LogP contribution in [-0.4, -0.2) is 39.5 Å². The summed E-state index contributed by atoms with van der Waals surface area (Å²) >= 11 is 0. The van der Waals surface area contributed by atoms with Gasteiger partial charge in [0.2, 0.25) is 0 Å². The molecule has 0 radical (unpaired) electrons. The highest BCUT2D eigenvalue weighted by molar-refractivity contribution is 6.09. The molecule has 2 aliphatic rings. The molecule has 9 nitrogen and oxygen atoms in total. The fourth-order valence-corrected chi connectivity index (χ4v) is 5.10. The Morgan fingerprint density at radius 1 is 1.30 bits per heavy atom. The number of azide groups is 1. The van der Waals surface area contributed by atoms with Crippen molar-refractivity contribution in [3.05, 3.63) is 51.8 Å². The number of halogens is 2. The number of benzene rings is 1. The SMILES string of the molecule is Cc1[nH]c2c(-c3cc(C(F)F)ccc3OCC3CC3)ncnc2c1C(=O)N[C@H]1CC[C@H](N=[N+]=[N-])[C@@H](C)C1. The summed E-state index contributed by atoms with van der Waals surface area (Å²) in [6, 6.07) is 4.20. The molecule has 2 heterocycles. The number of aromatic amines is 1. The number of nitrogens with one attached hydrogen (secondary N) is 2. The van der Waals surface area contributed by atoms with Crippen molar-refractivity contribution in [3.63, 3.8) is 0 Å². The van der Waals surface area contributed by atoms with Gasteiger partial charge in [0, 0.05) is 33.8 Å². The van der Waals surface area contributed by atoms with Gasteiger partial charge in [-0.1, -0.05) is 12.0 Å². The standard InChI is InChI=1S/C26H29F2N7O2/c1-13-9-17(6-7-19(13)34-35-29)33-26(36)21-14(2)32-24-22(30-12-31-23(21)24)18-10-16(25(27)28)5-8-20(18)37-11-15-3-4-15/h5,8,10,12-13,15,17,19,25,32H,3-4,6-7,9,11H2,1-2H3,(H,33,36)/t13-,17-,19-/m0/s1. The van der Waals surface area contributed by atoms with E-state index < -0.39 is 6.43 Å². The van der Waals surface area contributed by atoms with Crippen molar-refractivity contribution in [1.29, 1.82) is 0 Å². The maximum Gasteiger partial charge on any atom is 0.263 e. The third kappa shape index (κ3) is 5.22. The number of hydrogen-bond acceptors (Lipinski definition) is 5. The highest BCUT2D eigenvalue weighted by Gasteiger charge is 2.30. The fraction of sp³-hybridized carbons (Fsp3) is 0.500. The maximum absolute atomic E-state index is 13.6. The Morgan fingerprint density at radius 3 is 2.81 bits per heavy atom. The minimum absolute atomic E-state index is 0.0524. The molecule has 1 aromatic carbocycles. The number of alkyl halides is 2. The number of aromatic nitrogens is 3. The number of amides is 1. The third-order valence-electron chi connectivity index (χ3n) is 7.34. The van der Waals surface area contributed by atoms with Gasteiger partial charge in [0.25, 0.3) is 12.3 Å². The van der Waals surface area contributed by atoms with Crippen LogP contribution in [0, 0.1) is 18.8 Å². The van der Waals surface area contributed by atoms with Crippen LogP contribution in [0.25, 0.3) is 32.7 Å². The second kappa shape index (κ2) is 10.3. The first-order valence-electron chi connectivity index (χ1n) is 12.6. The van der Waals surface area contributed by atoms with E-state index in [-0.39, 0.29) is 29.5 Å². The zero-order valence-corrected chi connectivity index (χ0v) is 20.7. The second-order valence-electron chi connectivity index (χ2n) is 10.1. The Morgan fingerprint density at radius 2 is 2.11 bits per heavy atom. The molecular weight excluding hydrogens is 480 g/mol. The Labute approximate surface area is 212 Å². The van der Waals surface area contributed by atoms with E-state index in [1.807, 2.05) is 6.92 Å². The Hall–Kier alpha value is -3.72. The normalized spacial score (nSPS) is 21.6. The summed E-state index contributed by atoms with van der Waals surface area (Å²) in [4.78, 5) is 28.3. The molecule has 0 unspecified atom stereocenters. The van der Waals surface area contributed by atoms with Gasteiger partial charge in [-0.2, -0.15) is 0 Å². The van der Waals surface area contributed by atoms with Crippen LogP contribution in [0.5, 0.6) is 5.75 Å². The summed E-state index contributed by atoms with van der Waals surface area (Å²) in [7, 11) is 0. The number of ether oxygens (including phenoxy) is 1. The predicted octanol–water partition coefficient (Wildman–Crippen LogP) is 6.26. The number of hydrogen-bond donors (Lipinski definition) is 2. The highest BCUT2D eigenvalue weighted by Crippen LogP contribution is 2.38. The minimum Gasteiger partial charge on any atom is -0.493 e. The largest absolute Gasteiger partial charge is 0.493 e. The lowest BCUT2D eigenvalue weighted by Crippen LogP contribution is -2.41. The number of aryl methyl sites for hydroxylation is 1. The average molecular weight is 510 g/mol. The van der Waals surface area contributed by atoms with Crippen molar-refractivity contribution >= 4 is 16.9 Å². The Bertz CT molecular complexity index is 1360. The van der Waals surface area contributed by atoms with Gasteiger partial charge < -0.3 is 15.0 Å². The lowest BCUT2D eigenvalue weighted by atomic mass is 9.83. The molecule has 0 aliphatic heterocycles. The van der Waals surface area contributed by atoms with E-state index in [4.69, 9.17) is 10.3 Å². The van der Waals surface area contributed by atoms with Gasteiger partial charge in [0.15, 0.2) is 0 Å². The lowest BCUT2D eigenvalue weighted by Gasteiger charge is -2.32. The van der Waals surface area contributed by atoms with E-state index >= 15 is 0 Å². The van der Waals surface area contributed by atoms with E-state index in [0.717, 1.165) is 12.8 Å². The number of carbonyl (C=O) groups excluding carboxylic acids is 1. The van der Waals surface area contributed by atoms with Crippen molar-refractivity contribution in [2.24, 2.45) is 17.0 Å². The zero-order valence-electron chi connectivity index (χ0n) is 20.7. The molecule has 194 valence electrons. The second-order valence-corrected chi connectivity index (χ2v) is 10.1. The van der Waals surface area contributed by atoms with Crippen LogP contribution in [0.15, 0.2) is 29.6 Å². The zero-order chi connectivity index (χ0) is 26.1. The lowest BCUT2D eigenvalue weighted by molar-refractivity contribution is 0.0918. The number of fused-ring (bicyclic) bond motifs is 1. The molecule has 2 fully saturated rings. The first-order valence-corrected chi connectivity index (χ1v) is 12.6. The number of H-pyrrole nitrogens is 1. The van der Waals surface area contributed by atoms with Crippen molar-refractivity contribution in [3.8, 4) is 17.0 Å². The van der Waals surface area contributed by atoms with Crippen LogP contribution in [0.2, 0.25) is 0 Å². The average Bonchev–Trinajstić information content (AvgIpc) is 3.64. The fourth-order valence-electron chi connectivity index (χ4n) is 5.10. The number of rotatable bonds is 8. The maximum atomic E-state index is 13.6. The van der Waals surface area contributed by atoms with Crippen LogP contribution in [0.3, 0.4) is 0 Å². The molecule has 0 spiro atoms. The molecule has 3 aromatic rings. The van der Waals surface area contributed by atoms with E-state index in [1.165, 1.54) is 18.5 Å². The van der Waals surface area contributed by atoms with Gasteiger partial charge in [-0.05, 0) is 74.6 Å². The summed E-state index contributed by atoms with van der Waals surface area (Å²) in [6.45, 7) is 4.32. The van der Waals surface area contributed by atoms with E-state index in [9.17, 15) is 13.6 Å². The van der Waals surface area contributed by atoms with Gasteiger partial charge >= 0.3 is 0 Å². The third-order valence-corrected chi connectivity index (χ3v) is 7.34. The van der Waals surface area contributed by atoms with Crippen LogP contribution >= 0.6 is 0 Å². The molecular formula is C26H29F2N7O2. The molecule has 2 saturated carbocycles. The van der Waals surface area contributed by atoms with Crippen molar-refractivity contribution in [1.82, 2.24) is 20.3 Å². The van der Waals surface area contributed by atoms with E-state index in [2.05, 4.69) is 30.3 Å². The van der Waals surface area contributed by atoms with E-state index in [0.29, 0.717) is 71.1 Å². The summed E-state index contributed by atoms with van der Waals surface area (Å²) in [6.07, 6.45) is 3.03. The smallest absolute Gasteiger partial charge is 0.263 e. The Kier molecular flexibility index (Phi) is 6.97. The predicted molar refractivity (Wildman–Crippen MR) is 134 cm³/mol. The van der Waals surface area contributed by atoms with Crippen LogP contribution in [-0.2, 0) is 0 Å². The summed E-state index contributed by atoms with van der Waals surface area (Å²) < 4.78 is 33.1. The molecule has 3 atom stereocenters. The molecule has 1 amide bonds. The van der Waals surface area contributed by atoms with Gasteiger partial charge in [0.05, 0.1) is 17.7 Å². The van der Waals surface area contributed by atoms with Gasteiger partial charge in [0.1, 0.15) is 23.3 Å². The van der Waals surface area contributed by atoms with Gasteiger partial charge in [-0.3, -0.25) is 4.79 Å². The molecule has 37 heavy (non-hydrogen) atoms. The molecule has 2 aliphatic carbocycles. The Balaban J connectivity index is 1.46. The first kappa shape index (κ1) is 25.0. The number of carbonyl (C=O) groups is 1. The molecule has 0 saturated heterocycles. The molecule has 0 bridgehead atoms. The topological polar surface area (TPSA) is 129 Å². The van der Waals surface area contributed by atoms with Crippen molar-refractivity contribution < 1.29 is 18.3 Å². The van der Waals surface area contributed by atoms with Gasteiger partial charge in [-0.15, -0.1) is 0 Å². The van der Waals surface area contributed by atoms with Crippen molar-refractivity contribution in [2.75, 3.05) is 6.61 Å². The van der Waals surface area contributed by atoms with Crippen molar-refractivity contribution in [2.45, 2.75) is 64.5 Å². The molecule has 11 heteroatoms. The number of nitrogens with zero attached hydrogens (tertiary/aromatic N) is 5. The van der Waals surface area contributed by atoms with Crippen LogP contribution < -0.4 is 10.1 Å². The monoisotopic (exact) mass is 509 g/mol. The highest BCUT2D eigenvalue weighted by atomic mass is 19.3. The first-order chi connectivity index (χ1) is 17.9. The molecule has 2 N–H and O–H groups in total. The summed E-state index contributed by atoms with van der Waals surface area (Å²) in [5, 5.41) is 6.96. The quantitative estimate of drug-likeness (QED) is 0.211. The molecule has 2 aromatic heterocycles. The van der Waals surface area contributed by atoms with E-state index in [1.54, 1.807) is 13.0 Å². The van der Waals surface area contributed by atoms with Gasteiger partial charge in [-0.25, -0.2) is 18.7 Å². The van der Waals surface area contributed by atoms with Crippen LogP contribution in [0.1, 0.15) is 67.1 Å². The summed E-state index contributed by atoms with van der Waals surface area (Å²) in [5.41, 5.74) is 11.4. The minimum atomic E-state index is -2.64. The van der Waals surface area contributed by atoms with Crippen LogP contribution in [0.4, 0.5) is 8.78 Å². The summed E-state index contributed by atoms with van der Waals surface area (Å²) in [5.74, 6) is 0.851. The molecule has 5 rings (SSSR count).